The van der Waals surface area contributed by atoms with E-state index in [1.807, 2.05) is 12.1 Å². The van der Waals surface area contributed by atoms with Gasteiger partial charge in [-0.1, -0.05) is 92.2 Å². The molecule has 0 N–H and O–H groups in total. The second-order valence-electron chi connectivity index (χ2n) is 6.17. The van der Waals surface area contributed by atoms with Crippen molar-refractivity contribution in [1.82, 2.24) is 0 Å². The molecule has 0 amide bonds. The van der Waals surface area contributed by atoms with Crippen molar-refractivity contribution in [2.24, 2.45) is 0 Å². The van der Waals surface area contributed by atoms with Crippen molar-refractivity contribution >= 4 is 43.6 Å². The van der Waals surface area contributed by atoms with E-state index in [1.165, 1.54) is 32.0 Å². The summed E-state index contributed by atoms with van der Waals surface area (Å²) in [5.41, 5.74) is 4.90. The molecule has 0 heterocycles. The normalized spacial score (nSPS) is 10.7. The fraction of sp³-hybridized carbons (Fsp3) is 0. The van der Waals surface area contributed by atoms with Crippen LogP contribution in [0.3, 0.4) is 0 Å². The number of halogens is 2. The number of hydrogen-bond acceptors (Lipinski definition) is 1. The van der Waals surface area contributed by atoms with Crippen LogP contribution >= 0.6 is 43.6 Å². The van der Waals surface area contributed by atoms with E-state index in [9.17, 15) is 0 Å². The molecule has 0 radical (unpaired) electrons. The third-order valence-corrected chi connectivity index (χ3v) is 6.26. The largest absolute Gasteiger partial charge is 0.0901 e. The van der Waals surface area contributed by atoms with Gasteiger partial charge in [-0.15, -0.1) is 0 Å². The van der Waals surface area contributed by atoms with Crippen LogP contribution in [0.5, 0.6) is 0 Å². The minimum Gasteiger partial charge on any atom is -0.0901 e. The van der Waals surface area contributed by atoms with Crippen LogP contribution in [-0.4, -0.2) is 0 Å². The lowest BCUT2D eigenvalue weighted by atomic mass is 10.1. The van der Waals surface area contributed by atoms with Gasteiger partial charge in [0, 0.05) is 18.7 Å². The van der Waals surface area contributed by atoms with Crippen molar-refractivity contribution in [3.05, 3.63) is 106 Å². The molecule has 0 aliphatic carbocycles. The zero-order chi connectivity index (χ0) is 18.6. The third-order valence-electron chi connectivity index (χ3n) is 4.26. The van der Waals surface area contributed by atoms with Gasteiger partial charge in [0.25, 0.3) is 0 Å². The molecule has 0 bridgehead atoms. The van der Waals surface area contributed by atoms with Gasteiger partial charge in [-0.3, -0.25) is 0 Å². The maximum Gasteiger partial charge on any atom is 0.0181 e. The van der Waals surface area contributed by atoms with Crippen LogP contribution < -0.4 is 0 Å². The van der Waals surface area contributed by atoms with E-state index in [0.29, 0.717) is 0 Å². The predicted octanol–water partition coefficient (Wildman–Crippen LogP) is 8.70. The first-order valence-corrected chi connectivity index (χ1v) is 11.0. The van der Waals surface area contributed by atoms with Gasteiger partial charge in [0.15, 0.2) is 0 Å². The Hall–Kier alpha value is -1.81. The summed E-state index contributed by atoms with van der Waals surface area (Å²) in [7, 11) is 0. The zero-order valence-corrected chi connectivity index (χ0v) is 18.4. The highest BCUT2D eigenvalue weighted by atomic mass is 79.9. The van der Waals surface area contributed by atoms with Gasteiger partial charge in [0.1, 0.15) is 0 Å². The number of hydrogen-bond donors (Lipinski definition) is 0. The molecule has 0 unspecified atom stereocenters. The molecule has 0 spiro atoms. The Morgan fingerprint density at radius 3 is 1.22 bits per heavy atom. The minimum absolute atomic E-state index is 1.10. The van der Waals surface area contributed by atoms with Crippen LogP contribution in [0.2, 0.25) is 0 Å². The van der Waals surface area contributed by atoms with E-state index in [1.54, 1.807) is 11.8 Å². The van der Waals surface area contributed by atoms with Gasteiger partial charge >= 0.3 is 0 Å². The Morgan fingerprint density at radius 1 is 0.444 bits per heavy atom. The number of rotatable bonds is 4. The molecule has 4 aromatic carbocycles. The zero-order valence-electron chi connectivity index (χ0n) is 14.4. The van der Waals surface area contributed by atoms with Gasteiger partial charge in [-0.25, -0.2) is 0 Å². The molecule has 0 aliphatic heterocycles. The predicted molar refractivity (Wildman–Crippen MR) is 123 cm³/mol. The Kier molecular flexibility index (Phi) is 5.82. The molecule has 0 saturated heterocycles. The van der Waals surface area contributed by atoms with Crippen molar-refractivity contribution in [3.8, 4) is 22.3 Å². The minimum atomic E-state index is 1.10. The SMILES string of the molecule is Brc1cccc(-c2ccc(Sc3ccc(-c4cccc(Br)c4)cc3)cc2)c1. The van der Waals surface area contributed by atoms with E-state index < -0.39 is 0 Å². The van der Waals surface area contributed by atoms with Gasteiger partial charge in [-0.05, 0) is 70.8 Å². The fourth-order valence-electron chi connectivity index (χ4n) is 2.90. The molecule has 0 aromatic heterocycles. The van der Waals surface area contributed by atoms with Crippen LogP contribution in [0, 0.1) is 0 Å². The van der Waals surface area contributed by atoms with E-state index in [2.05, 4.69) is 117 Å². The quantitative estimate of drug-likeness (QED) is 0.272. The molecule has 4 aromatic rings. The lowest BCUT2D eigenvalue weighted by Gasteiger charge is -2.07. The third kappa shape index (κ3) is 4.73. The molecule has 0 atom stereocenters. The smallest absolute Gasteiger partial charge is 0.0181 e. The van der Waals surface area contributed by atoms with Crippen LogP contribution in [0.15, 0.2) is 116 Å². The highest BCUT2D eigenvalue weighted by molar-refractivity contribution is 9.10. The van der Waals surface area contributed by atoms with Gasteiger partial charge in [-0.2, -0.15) is 0 Å². The second-order valence-corrected chi connectivity index (χ2v) is 9.15. The van der Waals surface area contributed by atoms with Crippen molar-refractivity contribution < 1.29 is 0 Å². The monoisotopic (exact) mass is 494 g/mol. The highest BCUT2D eigenvalue weighted by Gasteiger charge is 2.03. The molecule has 132 valence electrons. The number of benzene rings is 4. The maximum atomic E-state index is 3.54. The van der Waals surface area contributed by atoms with Crippen molar-refractivity contribution in [3.63, 3.8) is 0 Å². The van der Waals surface area contributed by atoms with Crippen molar-refractivity contribution in [1.29, 1.82) is 0 Å². The Morgan fingerprint density at radius 2 is 0.852 bits per heavy atom. The van der Waals surface area contributed by atoms with E-state index in [4.69, 9.17) is 0 Å². The maximum absolute atomic E-state index is 3.54. The Bertz CT molecular complexity index is 967. The molecule has 0 saturated carbocycles. The Balaban J connectivity index is 1.49. The first-order valence-electron chi connectivity index (χ1n) is 8.57. The summed E-state index contributed by atoms with van der Waals surface area (Å²) in [6.45, 7) is 0. The lowest BCUT2D eigenvalue weighted by Crippen LogP contribution is -1.80. The van der Waals surface area contributed by atoms with Crippen LogP contribution in [-0.2, 0) is 0 Å². The van der Waals surface area contributed by atoms with Crippen molar-refractivity contribution in [2.75, 3.05) is 0 Å². The molecule has 3 heteroatoms. The average molecular weight is 496 g/mol. The van der Waals surface area contributed by atoms with Gasteiger partial charge in [0.05, 0.1) is 0 Å². The Labute approximate surface area is 180 Å². The molecular formula is C24H16Br2S. The summed E-state index contributed by atoms with van der Waals surface area (Å²) in [4.78, 5) is 2.48. The molecular weight excluding hydrogens is 480 g/mol. The fourth-order valence-corrected chi connectivity index (χ4v) is 4.52. The van der Waals surface area contributed by atoms with Crippen molar-refractivity contribution in [2.45, 2.75) is 9.79 Å². The highest BCUT2D eigenvalue weighted by Crippen LogP contribution is 2.32. The first kappa shape index (κ1) is 18.5. The first-order chi connectivity index (χ1) is 13.2. The molecule has 0 fully saturated rings. The molecule has 4 rings (SSSR count). The molecule has 0 nitrogen and oxygen atoms in total. The van der Waals surface area contributed by atoms with E-state index in [0.717, 1.165) is 8.95 Å². The standard InChI is InChI=1S/C24H16Br2S/c25-21-5-1-3-19(15-21)17-7-11-23(12-8-17)27-24-13-9-18(10-14-24)20-4-2-6-22(26)16-20/h1-16H. The average Bonchev–Trinajstić information content (AvgIpc) is 2.69. The summed E-state index contributed by atoms with van der Waals surface area (Å²) in [5.74, 6) is 0. The van der Waals surface area contributed by atoms with Gasteiger partial charge in [0.2, 0.25) is 0 Å². The second kappa shape index (κ2) is 8.47. The van der Waals surface area contributed by atoms with Crippen LogP contribution in [0.1, 0.15) is 0 Å². The summed E-state index contributed by atoms with van der Waals surface area (Å²) < 4.78 is 2.20. The van der Waals surface area contributed by atoms with E-state index in [-0.39, 0.29) is 0 Å². The topological polar surface area (TPSA) is 0 Å². The summed E-state index contributed by atoms with van der Waals surface area (Å²) >= 11 is 8.86. The van der Waals surface area contributed by atoms with Gasteiger partial charge < -0.3 is 0 Å². The lowest BCUT2D eigenvalue weighted by molar-refractivity contribution is 1.40. The van der Waals surface area contributed by atoms with Crippen LogP contribution in [0.4, 0.5) is 0 Å². The van der Waals surface area contributed by atoms with E-state index >= 15 is 0 Å². The summed E-state index contributed by atoms with van der Waals surface area (Å²) in [5, 5.41) is 0. The summed E-state index contributed by atoms with van der Waals surface area (Å²) in [6, 6.07) is 34.2. The van der Waals surface area contributed by atoms with Crippen LogP contribution in [0.25, 0.3) is 22.3 Å². The summed E-state index contributed by atoms with van der Waals surface area (Å²) in [6.07, 6.45) is 0. The molecule has 0 aliphatic rings. The molecule has 27 heavy (non-hydrogen) atoms.